The van der Waals surface area contributed by atoms with Gasteiger partial charge in [-0.2, -0.15) is 0 Å². The second kappa shape index (κ2) is 9.49. The average molecular weight is 518 g/mol. The van der Waals surface area contributed by atoms with Gasteiger partial charge >= 0.3 is 39.0 Å². The number of carbonyl (C=O) groups is 1. The molecular weight excluding hydrogens is 484 g/mol. The number of hydrogen-bond donors (Lipinski definition) is 0. The first-order valence-corrected chi connectivity index (χ1v) is 15.4. The molecule has 3 rings (SSSR count). The number of esters is 1. The molecule has 1 heterocycles. The Morgan fingerprint density at radius 3 is 2.18 bits per heavy atom. The summed E-state index contributed by atoms with van der Waals surface area (Å²) in [6.07, 6.45) is 7.43. The minimum atomic E-state index is -10.7. The molecule has 1 saturated carbocycles. The molecule has 4 unspecified atom stereocenters. The Bertz CT molecular complexity index is 830. The Hall–Kier alpha value is -1.13. The molecule has 10 heteroatoms. The summed E-state index contributed by atoms with van der Waals surface area (Å²) < 4.78 is 65.3. The predicted molar refractivity (Wildman–Crippen MR) is 126 cm³/mol. The van der Waals surface area contributed by atoms with Crippen LogP contribution in [0.5, 0.6) is 0 Å². The van der Waals surface area contributed by atoms with Crippen LogP contribution < -0.4 is 5.30 Å². The number of ether oxygens (including phenoxy) is 1. The average Bonchev–Trinajstić information content (AvgIpc) is 3.01. The standard InChI is InChI=1S/C23H34O2P.F6P/c1-17(2)21-13-12-18(3)15-22(21)25-23(24)16-26(14-8-9-19(26)4)20-10-6-5-7-11-20;1-7(2,3,4,5)6/h5-7,10-11,17-18,21-22H,4,8-9,12-16H2,1-3H3;/q+1;-1. The van der Waals surface area contributed by atoms with Gasteiger partial charge < -0.3 is 4.74 Å². The second-order valence-electron chi connectivity index (χ2n) is 9.67. The summed E-state index contributed by atoms with van der Waals surface area (Å²) in [6.45, 7) is 11.2. The third-order valence-electron chi connectivity index (χ3n) is 6.50. The summed E-state index contributed by atoms with van der Waals surface area (Å²) in [4.78, 5) is 13.0. The molecule has 4 atom stereocenters. The quantitative estimate of drug-likeness (QED) is 0.221. The van der Waals surface area contributed by atoms with Gasteiger partial charge in [-0.15, -0.1) is 0 Å². The maximum atomic E-state index is 13.0. The van der Waals surface area contributed by atoms with Crippen LogP contribution in [-0.4, -0.2) is 24.4 Å². The molecule has 0 amide bonds. The van der Waals surface area contributed by atoms with E-state index in [4.69, 9.17) is 4.74 Å². The van der Waals surface area contributed by atoms with Crippen LogP contribution in [0, 0.1) is 17.8 Å². The number of allylic oxidation sites excluding steroid dienone is 1. The summed E-state index contributed by atoms with van der Waals surface area (Å²) in [7, 11) is -12.3. The van der Waals surface area contributed by atoms with E-state index in [0.29, 0.717) is 23.9 Å². The van der Waals surface area contributed by atoms with E-state index in [0.717, 1.165) is 25.4 Å². The van der Waals surface area contributed by atoms with E-state index in [1.54, 1.807) is 0 Å². The van der Waals surface area contributed by atoms with E-state index in [1.165, 1.54) is 23.5 Å². The van der Waals surface area contributed by atoms with Crippen LogP contribution in [0.1, 0.15) is 52.9 Å². The summed E-state index contributed by atoms with van der Waals surface area (Å²) in [5.41, 5.74) is 0. The van der Waals surface area contributed by atoms with Crippen LogP contribution in [-0.2, 0) is 9.53 Å². The Kier molecular flexibility index (Phi) is 8.08. The molecule has 0 radical (unpaired) electrons. The molecule has 0 bridgehead atoms. The van der Waals surface area contributed by atoms with E-state index in [2.05, 4.69) is 51.6 Å². The molecule has 33 heavy (non-hydrogen) atoms. The molecule has 2 nitrogen and oxygen atoms in total. The van der Waals surface area contributed by atoms with Crippen molar-refractivity contribution in [1.82, 2.24) is 0 Å². The van der Waals surface area contributed by atoms with Gasteiger partial charge in [0.1, 0.15) is 6.10 Å². The van der Waals surface area contributed by atoms with Crippen molar-refractivity contribution in [3.05, 3.63) is 42.2 Å². The van der Waals surface area contributed by atoms with Gasteiger partial charge in [0.05, 0.1) is 24.0 Å². The van der Waals surface area contributed by atoms with E-state index in [1.807, 2.05) is 6.07 Å². The predicted octanol–water partition coefficient (Wildman–Crippen LogP) is 9.02. The molecule has 0 spiro atoms. The van der Waals surface area contributed by atoms with Crippen LogP contribution in [0.25, 0.3) is 0 Å². The number of benzene rings is 1. The van der Waals surface area contributed by atoms with Crippen molar-refractivity contribution in [2.75, 3.05) is 12.3 Å². The van der Waals surface area contributed by atoms with Crippen LogP contribution in [0.4, 0.5) is 25.2 Å². The normalized spacial score (nSPS) is 30.1. The van der Waals surface area contributed by atoms with Crippen molar-refractivity contribution in [2.24, 2.45) is 17.8 Å². The molecule has 2 fully saturated rings. The van der Waals surface area contributed by atoms with E-state index < -0.39 is 15.1 Å². The molecule has 1 aromatic carbocycles. The zero-order chi connectivity index (χ0) is 25.1. The fourth-order valence-electron chi connectivity index (χ4n) is 4.91. The van der Waals surface area contributed by atoms with Crippen molar-refractivity contribution >= 4 is 26.3 Å². The van der Waals surface area contributed by atoms with Crippen LogP contribution in [0.15, 0.2) is 42.2 Å². The van der Waals surface area contributed by atoms with Crippen molar-refractivity contribution in [1.29, 1.82) is 0 Å². The van der Waals surface area contributed by atoms with Crippen LogP contribution in [0.2, 0.25) is 0 Å². The molecule has 1 saturated heterocycles. The first-order valence-electron chi connectivity index (χ1n) is 11.2. The molecule has 1 aromatic rings. The third-order valence-corrected chi connectivity index (χ3v) is 11.1. The number of halogens is 6. The molecule has 190 valence electrons. The van der Waals surface area contributed by atoms with Gasteiger partial charge in [-0.1, -0.05) is 52.0 Å². The Balaban J connectivity index is 0.000000479. The first kappa shape index (κ1) is 28.1. The minimum absolute atomic E-state index is 0.00925. The van der Waals surface area contributed by atoms with Gasteiger partial charge in [-0.05, 0) is 49.1 Å². The van der Waals surface area contributed by atoms with E-state index in [-0.39, 0.29) is 12.1 Å². The van der Waals surface area contributed by atoms with Gasteiger partial charge in [0.15, 0.2) is 6.16 Å². The zero-order valence-electron chi connectivity index (χ0n) is 19.3. The van der Waals surface area contributed by atoms with Gasteiger partial charge in [-0.25, -0.2) is 4.79 Å². The molecule has 2 aliphatic rings. The van der Waals surface area contributed by atoms with Crippen LogP contribution in [0.3, 0.4) is 0 Å². The van der Waals surface area contributed by atoms with Gasteiger partial charge in [0.2, 0.25) is 0 Å². The monoisotopic (exact) mass is 518 g/mol. The van der Waals surface area contributed by atoms with Crippen molar-refractivity contribution in [2.45, 2.75) is 59.0 Å². The Morgan fingerprint density at radius 1 is 1.12 bits per heavy atom. The number of rotatable bonds is 5. The van der Waals surface area contributed by atoms with Crippen molar-refractivity contribution in [3.63, 3.8) is 0 Å². The SMILES string of the molecule is C=C1CCC[P+]1(CC(=O)OC1CC(C)CCC1C(C)C)c1ccccc1.F[P-](F)(F)(F)(F)F. The number of hydrogen-bond acceptors (Lipinski definition) is 2. The summed E-state index contributed by atoms with van der Waals surface area (Å²) in [5.74, 6) is 1.74. The van der Waals surface area contributed by atoms with Crippen molar-refractivity contribution < 1.29 is 34.7 Å². The van der Waals surface area contributed by atoms with E-state index >= 15 is 0 Å². The third kappa shape index (κ3) is 9.56. The van der Waals surface area contributed by atoms with Crippen molar-refractivity contribution in [3.8, 4) is 0 Å². The number of carbonyl (C=O) groups excluding carboxylic acids is 1. The van der Waals surface area contributed by atoms with Gasteiger partial charge in [-0.3, -0.25) is 0 Å². The van der Waals surface area contributed by atoms with Gasteiger partial charge in [0.25, 0.3) is 0 Å². The first-order chi connectivity index (χ1) is 14.9. The fourth-order valence-corrected chi connectivity index (χ4v) is 8.96. The summed E-state index contributed by atoms with van der Waals surface area (Å²) in [5, 5.41) is 2.63. The topological polar surface area (TPSA) is 26.3 Å². The fraction of sp³-hybridized carbons (Fsp3) is 0.609. The molecule has 1 aliphatic heterocycles. The molecular formula is C23H34F6O2P2. The molecule has 0 aromatic heterocycles. The zero-order valence-corrected chi connectivity index (χ0v) is 21.1. The summed E-state index contributed by atoms with van der Waals surface area (Å²) in [6, 6.07) is 10.6. The summed E-state index contributed by atoms with van der Waals surface area (Å²) >= 11 is 0. The molecule has 1 aliphatic carbocycles. The maximum absolute atomic E-state index is 13.0. The molecule has 0 N–H and O–H groups in total. The second-order valence-corrected chi connectivity index (χ2v) is 15.4. The van der Waals surface area contributed by atoms with E-state index in [9.17, 15) is 30.0 Å². The van der Waals surface area contributed by atoms with Crippen LogP contribution >= 0.6 is 15.1 Å². The Morgan fingerprint density at radius 2 is 1.70 bits per heavy atom. The van der Waals surface area contributed by atoms with Gasteiger partial charge in [0, 0.05) is 6.42 Å². The Labute approximate surface area is 192 Å².